The summed E-state index contributed by atoms with van der Waals surface area (Å²) in [5, 5.41) is 27.5. The molecule has 0 radical (unpaired) electrons. The van der Waals surface area contributed by atoms with Gasteiger partial charge in [-0.05, 0) is 36.4 Å². The number of hydrogen-bond donors (Lipinski definition) is 4. The second-order valence-electron chi connectivity index (χ2n) is 8.71. The highest BCUT2D eigenvalue weighted by atomic mass is 32.2. The fourth-order valence-corrected chi connectivity index (χ4v) is 5.12. The van der Waals surface area contributed by atoms with Crippen molar-refractivity contribution in [3.63, 3.8) is 0 Å². The Kier molecular flexibility index (Phi) is 7.15. The van der Waals surface area contributed by atoms with Gasteiger partial charge in [-0.3, -0.25) is 14.7 Å². The number of aliphatic hydroxyl groups is 2. The maximum absolute atomic E-state index is 14.5. The minimum Gasteiger partial charge on any atom is -0.497 e. The highest BCUT2D eigenvalue weighted by Gasteiger charge is 2.39. The summed E-state index contributed by atoms with van der Waals surface area (Å²) in [4.78, 5) is 30.5. The number of fused-ring (bicyclic) bond motifs is 2. The van der Waals surface area contributed by atoms with Crippen LogP contribution in [0, 0.1) is 5.82 Å². The number of nitrogens with zero attached hydrogens (tertiary/aromatic N) is 2. The Labute approximate surface area is 215 Å². The van der Waals surface area contributed by atoms with E-state index < -0.39 is 30.2 Å². The molecule has 3 atom stereocenters. The SMILES string of the molecule is COc1ccc2ncc(F)c(CNC[C@@H](O)[C@H](O)[C@H]3CN(c4ccc5c(c4)NC(=O)CS5)C(=O)O3)c2c1. The number of halogens is 1. The molecule has 5 rings (SSSR count). The van der Waals surface area contributed by atoms with Gasteiger partial charge < -0.3 is 30.3 Å². The topological polar surface area (TPSA) is 133 Å². The first-order valence-corrected chi connectivity index (χ1v) is 12.6. The third-order valence-corrected chi connectivity index (χ3v) is 7.38. The van der Waals surface area contributed by atoms with Gasteiger partial charge in [-0.15, -0.1) is 11.8 Å². The first kappa shape index (κ1) is 25.2. The second-order valence-corrected chi connectivity index (χ2v) is 9.72. The van der Waals surface area contributed by atoms with Crippen molar-refractivity contribution in [2.24, 2.45) is 0 Å². The first-order chi connectivity index (χ1) is 17.8. The Morgan fingerprint density at radius 3 is 2.95 bits per heavy atom. The lowest BCUT2D eigenvalue weighted by atomic mass is 10.1. The number of hydrogen-bond acceptors (Lipinski definition) is 9. The number of carbonyl (C=O) groups is 2. The van der Waals surface area contributed by atoms with Gasteiger partial charge >= 0.3 is 6.09 Å². The molecule has 0 saturated carbocycles. The van der Waals surface area contributed by atoms with Crippen LogP contribution in [0.5, 0.6) is 5.75 Å². The zero-order valence-corrected chi connectivity index (χ0v) is 20.6. The fourth-order valence-electron chi connectivity index (χ4n) is 4.33. The average molecular weight is 529 g/mol. The van der Waals surface area contributed by atoms with Crippen LogP contribution >= 0.6 is 11.8 Å². The van der Waals surface area contributed by atoms with Crippen LogP contribution in [0.2, 0.25) is 0 Å². The van der Waals surface area contributed by atoms with Crippen molar-refractivity contribution in [3.05, 3.63) is 54.0 Å². The van der Waals surface area contributed by atoms with Crippen molar-refractivity contribution >= 4 is 46.0 Å². The third-order valence-electron chi connectivity index (χ3n) is 6.31. The van der Waals surface area contributed by atoms with Gasteiger partial charge in [0.2, 0.25) is 5.91 Å². The minimum atomic E-state index is -1.38. The zero-order valence-electron chi connectivity index (χ0n) is 19.8. The molecule has 37 heavy (non-hydrogen) atoms. The van der Waals surface area contributed by atoms with E-state index in [4.69, 9.17) is 9.47 Å². The van der Waals surface area contributed by atoms with Gasteiger partial charge in [-0.25, -0.2) is 9.18 Å². The molecule has 0 unspecified atom stereocenters. The van der Waals surface area contributed by atoms with Crippen molar-refractivity contribution < 1.29 is 33.7 Å². The highest BCUT2D eigenvalue weighted by Crippen LogP contribution is 2.35. The van der Waals surface area contributed by atoms with Crippen molar-refractivity contribution in [2.75, 3.05) is 36.2 Å². The predicted molar refractivity (Wildman–Crippen MR) is 135 cm³/mol. The molecular formula is C25H25FN4O6S. The van der Waals surface area contributed by atoms with Crippen LogP contribution in [0.25, 0.3) is 10.9 Å². The highest BCUT2D eigenvalue weighted by molar-refractivity contribution is 8.00. The number of benzene rings is 2. The number of ether oxygens (including phenoxy) is 2. The van der Waals surface area contributed by atoms with E-state index >= 15 is 0 Å². The molecule has 1 saturated heterocycles. The van der Waals surface area contributed by atoms with E-state index in [1.54, 1.807) is 30.3 Å². The number of thioether (sulfide) groups is 1. The van der Waals surface area contributed by atoms with E-state index in [9.17, 15) is 24.2 Å². The molecule has 2 aliphatic rings. The van der Waals surface area contributed by atoms with Gasteiger partial charge in [-0.2, -0.15) is 0 Å². The maximum atomic E-state index is 14.5. The molecular weight excluding hydrogens is 503 g/mol. The number of aromatic nitrogens is 1. The van der Waals surface area contributed by atoms with Crippen molar-refractivity contribution in [3.8, 4) is 5.75 Å². The molecule has 0 spiro atoms. The monoisotopic (exact) mass is 528 g/mol. The summed E-state index contributed by atoms with van der Waals surface area (Å²) in [5.41, 5.74) is 2.05. The summed E-state index contributed by atoms with van der Waals surface area (Å²) in [7, 11) is 1.52. The van der Waals surface area contributed by atoms with Crippen LogP contribution in [0.4, 0.5) is 20.6 Å². The van der Waals surface area contributed by atoms with Gasteiger partial charge in [0.05, 0.1) is 42.9 Å². The van der Waals surface area contributed by atoms with Crippen LogP contribution in [0.15, 0.2) is 47.5 Å². The van der Waals surface area contributed by atoms with Gasteiger partial charge in [0.25, 0.3) is 0 Å². The lowest BCUT2D eigenvalue weighted by molar-refractivity contribution is -0.113. The third kappa shape index (κ3) is 5.18. The number of methoxy groups -OCH3 is 1. The molecule has 3 aromatic rings. The molecule has 194 valence electrons. The Balaban J connectivity index is 1.21. The second kappa shape index (κ2) is 10.5. The molecule has 12 heteroatoms. The van der Waals surface area contributed by atoms with Crippen LogP contribution in [0.1, 0.15) is 5.56 Å². The maximum Gasteiger partial charge on any atom is 0.414 e. The number of aliphatic hydroxyl groups excluding tert-OH is 2. The number of pyridine rings is 1. The number of amides is 2. The van der Waals surface area contributed by atoms with Crippen molar-refractivity contribution in [2.45, 2.75) is 29.8 Å². The van der Waals surface area contributed by atoms with Crippen LogP contribution in [-0.4, -0.2) is 71.5 Å². The van der Waals surface area contributed by atoms with E-state index in [1.165, 1.54) is 23.8 Å². The van der Waals surface area contributed by atoms with Gasteiger partial charge in [0.15, 0.2) is 6.10 Å². The Morgan fingerprint density at radius 1 is 1.30 bits per heavy atom. The predicted octanol–water partition coefficient (Wildman–Crippen LogP) is 2.26. The van der Waals surface area contributed by atoms with Gasteiger partial charge in [-0.1, -0.05) is 0 Å². The zero-order chi connectivity index (χ0) is 26.1. The van der Waals surface area contributed by atoms with Crippen LogP contribution in [-0.2, 0) is 16.1 Å². The molecule has 2 amide bonds. The summed E-state index contributed by atoms with van der Waals surface area (Å²) in [6.45, 7) is 0.00211. The number of cyclic esters (lactones) is 1. The van der Waals surface area contributed by atoms with E-state index in [0.29, 0.717) is 39.3 Å². The average Bonchev–Trinajstić information content (AvgIpc) is 3.29. The molecule has 3 heterocycles. The van der Waals surface area contributed by atoms with Gasteiger partial charge in [0, 0.05) is 34.6 Å². The van der Waals surface area contributed by atoms with Gasteiger partial charge in [0.1, 0.15) is 17.7 Å². The lowest BCUT2D eigenvalue weighted by Gasteiger charge is -2.23. The number of nitrogens with one attached hydrogen (secondary N) is 2. The van der Waals surface area contributed by atoms with Crippen LogP contribution < -0.4 is 20.3 Å². The number of rotatable bonds is 8. The molecule has 0 bridgehead atoms. The molecule has 4 N–H and O–H groups in total. The minimum absolute atomic E-state index is 0.0142. The summed E-state index contributed by atoms with van der Waals surface area (Å²) >= 11 is 1.41. The molecule has 1 fully saturated rings. The summed E-state index contributed by atoms with van der Waals surface area (Å²) in [6, 6.07) is 10.4. The van der Waals surface area contributed by atoms with E-state index in [0.717, 1.165) is 11.1 Å². The summed E-state index contributed by atoms with van der Waals surface area (Å²) in [6.07, 6.45) is -3.18. The fraction of sp³-hybridized carbons (Fsp3) is 0.320. The van der Waals surface area contributed by atoms with Crippen LogP contribution in [0.3, 0.4) is 0 Å². The molecule has 2 aliphatic heterocycles. The van der Waals surface area contributed by atoms with Crippen molar-refractivity contribution in [1.82, 2.24) is 10.3 Å². The normalized spacial score (nSPS) is 18.8. The standard InChI is InChI=1S/C25H25FN4O6S/c1-35-14-3-4-18-15(7-14)16(17(26)9-28-18)8-27-10-20(31)24(33)21-11-30(25(34)36-21)13-2-5-22-19(6-13)29-23(32)12-37-22/h2-7,9,20-21,24,27,31,33H,8,10-12H2,1H3,(H,29,32)/t20-,21-,24+/m1/s1. The Morgan fingerprint density at radius 2 is 2.14 bits per heavy atom. The smallest absolute Gasteiger partial charge is 0.414 e. The van der Waals surface area contributed by atoms with E-state index in [2.05, 4.69) is 15.6 Å². The molecule has 1 aromatic heterocycles. The number of carbonyl (C=O) groups excluding carboxylic acids is 2. The lowest BCUT2D eigenvalue weighted by Crippen LogP contribution is -2.44. The Bertz CT molecular complexity index is 1360. The molecule has 10 nitrogen and oxygen atoms in total. The van der Waals surface area contributed by atoms with E-state index in [1.807, 2.05) is 6.07 Å². The molecule has 2 aromatic carbocycles. The largest absolute Gasteiger partial charge is 0.497 e. The van der Waals surface area contributed by atoms with Crippen molar-refractivity contribution in [1.29, 1.82) is 0 Å². The van der Waals surface area contributed by atoms with E-state index in [-0.39, 0.29) is 25.5 Å². The quantitative estimate of drug-likeness (QED) is 0.347. The first-order valence-electron chi connectivity index (χ1n) is 11.6. The summed E-state index contributed by atoms with van der Waals surface area (Å²) < 4.78 is 25.1. The number of anilines is 2. The Hall–Kier alpha value is -3.45. The molecule has 0 aliphatic carbocycles. The summed E-state index contributed by atoms with van der Waals surface area (Å²) in [5.74, 6) is 0.255.